The first-order valence-electron chi connectivity index (χ1n) is 6.08. The fourth-order valence-electron chi connectivity index (χ4n) is 2.51. The molecule has 4 heteroatoms. The molecule has 1 aromatic carbocycles. The first-order valence-corrected chi connectivity index (χ1v) is 7.51. The van der Waals surface area contributed by atoms with Crippen LogP contribution in [0.15, 0.2) is 30.3 Å². The van der Waals surface area contributed by atoms with Crippen LogP contribution in [0.25, 0.3) is 6.08 Å². The van der Waals surface area contributed by atoms with Crippen LogP contribution in [0, 0.1) is 0 Å². The Bertz CT molecular complexity index is 485. The van der Waals surface area contributed by atoms with Gasteiger partial charge >= 0.3 is 0 Å². The van der Waals surface area contributed by atoms with Gasteiger partial charge in [-0.05, 0) is 30.2 Å². The van der Waals surface area contributed by atoms with Gasteiger partial charge in [0.15, 0.2) is 0 Å². The summed E-state index contributed by atoms with van der Waals surface area (Å²) in [6.07, 6.45) is 4.71. The van der Waals surface area contributed by atoms with Crippen LogP contribution in [0.3, 0.4) is 0 Å². The maximum Gasteiger partial charge on any atom is 0.246 e. The molecule has 2 atom stereocenters. The van der Waals surface area contributed by atoms with E-state index >= 15 is 0 Å². The van der Waals surface area contributed by atoms with Gasteiger partial charge in [0.05, 0.1) is 0 Å². The summed E-state index contributed by atoms with van der Waals surface area (Å²) in [5.41, 5.74) is 1.01. The van der Waals surface area contributed by atoms with Crippen LogP contribution in [0.4, 0.5) is 0 Å². The number of nitrogens with zero attached hydrogens (tertiary/aromatic N) is 1. The van der Waals surface area contributed by atoms with E-state index in [1.165, 1.54) is 6.42 Å². The van der Waals surface area contributed by atoms with E-state index < -0.39 is 0 Å². The summed E-state index contributed by atoms with van der Waals surface area (Å²) in [4.78, 5) is 14.1. The van der Waals surface area contributed by atoms with Crippen LogP contribution < -0.4 is 0 Å². The lowest BCUT2D eigenvalue weighted by Crippen LogP contribution is -2.38. The Morgan fingerprint density at radius 2 is 2.17 bits per heavy atom. The molecule has 94 valence electrons. The number of hydrogen-bond acceptors (Lipinski definition) is 2. The minimum Gasteiger partial charge on any atom is -0.334 e. The highest BCUT2D eigenvalue weighted by Crippen LogP contribution is 2.37. The lowest BCUT2D eigenvalue weighted by atomic mass is 10.2. The predicted octanol–water partition coefficient (Wildman–Crippen LogP) is 3.07. The number of rotatable bonds is 2. The smallest absolute Gasteiger partial charge is 0.246 e. The Kier molecular flexibility index (Phi) is 3.35. The van der Waals surface area contributed by atoms with Gasteiger partial charge in [0.1, 0.15) is 0 Å². The topological polar surface area (TPSA) is 20.3 Å². The van der Waals surface area contributed by atoms with E-state index in [9.17, 15) is 4.79 Å². The minimum absolute atomic E-state index is 0.137. The molecule has 2 saturated heterocycles. The molecule has 0 N–H and O–H groups in total. The molecule has 2 aliphatic heterocycles. The molecule has 18 heavy (non-hydrogen) atoms. The standard InChI is InChI=1S/C14H14ClNOS/c15-11-4-1-10(2-5-11)3-6-14(17)16-8-13-7-12(16)9-18-13/h1-6,12-13H,7-9H2/b6-3+. The number of benzene rings is 1. The first-order chi connectivity index (χ1) is 8.72. The second-order valence-electron chi connectivity index (χ2n) is 4.72. The van der Waals surface area contributed by atoms with Crippen LogP contribution in [-0.4, -0.2) is 34.4 Å². The molecule has 2 aliphatic rings. The highest BCUT2D eigenvalue weighted by molar-refractivity contribution is 8.00. The first kappa shape index (κ1) is 12.1. The molecule has 3 rings (SSSR count). The zero-order valence-corrected chi connectivity index (χ0v) is 11.5. The van der Waals surface area contributed by atoms with Gasteiger partial charge in [-0.3, -0.25) is 4.79 Å². The van der Waals surface area contributed by atoms with Gasteiger partial charge in [0.25, 0.3) is 0 Å². The molecule has 0 aromatic heterocycles. The molecule has 2 unspecified atom stereocenters. The average Bonchev–Trinajstić information content (AvgIpc) is 3.00. The maximum absolute atomic E-state index is 12.1. The number of carbonyl (C=O) groups is 1. The summed E-state index contributed by atoms with van der Waals surface area (Å²) in [7, 11) is 0. The molecule has 1 aromatic rings. The molecule has 0 aliphatic carbocycles. The van der Waals surface area contributed by atoms with E-state index in [1.54, 1.807) is 6.08 Å². The average molecular weight is 280 g/mol. The second-order valence-corrected chi connectivity index (χ2v) is 6.49. The molecule has 1 amide bonds. The maximum atomic E-state index is 12.1. The lowest BCUT2D eigenvalue weighted by Gasteiger charge is -2.25. The van der Waals surface area contributed by atoms with Gasteiger partial charge < -0.3 is 4.90 Å². The molecule has 0 radical (unpaired) electrons. The number of likely N-dealkylation sites (tertiary alicyclic amines) is 1. The molecule has 2 bridgehead atoms. The summed E-state index contributed by atoms with van der Waals surface area (Å²) in [5, 5.41) is 1.38. The van der Waals surface area contributed by atoms with E-state index in [1.807, 2.05) is 47.0 Å². The van der Waals surface area contributed by atoms with Gasteiger partial charge in [-0.1, -0.05) is 23.7 Å². The van der Waals surface area contributed by atoms with Crippen molar-refractivity contribution in [2.45, 2.75) is 17.7 Å². The Labute approximate surface area is 116 Å². The molecule has 2 nitrogen and oxygen atoms in total. The van der Waals surface area contributed by atoms with Crippen molar-refractivity contribution in [3.63, 3.8) is 0 Å². The predicted molar refractivity (Wildman–Crippen MR) is 76.9 cm³/mol. The van der Waals surface area contributed by atoms with Crippen molar-refractivity contribution in [2.75, 3.05) is 12.3 Å². The highest BCUT2D eigenvalue weighted by Gasteiger charge is 2.40. The number of fused-ring (bicyclic) bond motifs is 2. The summed E-state index contributed by atoms with van der Waals surface area (Å²) in [6.45, 7) is 0.916. The van der Waals surface area contributed by atoms with E-state index in [-0.39, 0.29) is 5.91 Å². The van der Waals surface area contributed by atoms with Crippen molar-refractivity contribution in [1.29, 1.82) is 0 Å². The van der Waals surface area contributed by atoms with Gasteiger partial charge in [-0.25, -0.2) is 0 Å². The van der Waals surface area contributed by atoms with Crippen molar-refractivity contribution >= 4 is 35.3 Å². The van der Waals surface area contributed by atoms with Crippen molar-refractivity contribution in [3.8, 4) is 0 Å². The van der Waals surface area contributed by atoms with E-state index in [0.717, 1.165) is 17.9 Å². The molecule has 2 fully saturated rings. The fourth-order valence-corrected chi connectivity index (χ4v) is 4.07. The number of thioether (sulfide) groups is 1. The van der Waals surface area contributed by atoms with Crippen molar-refractivity contribution in [2.24, 2.45) is 0 Å². The third kappa shape index (κ3) is 2.43. The number of carbonyl (C=O) groups excluding carboxylic acids is 1. The molecule has 0 saturated carbocycles. The zero-order valence-electron chi connectivity index (χ0n) is 9.88. The van der Waals surface area contributed by atoms with Crippen molar-refractivity contribution in [3.05, 3.63) is 40.9 Å². The van der Waals surface area contributed by atoms with Gasteiger partial charge in [-0.2, -0.15) is 11.8 Å². The quantitative estimate of drug-likeness (QED) is 0.776. The summed E-state index contributed by atoms with van der Waals surface area (Å²) < 4.78 is 0. The Morgan fingerprint density at radius 1 is 1.39 bits per heavy atom. The molecule has 2 heterocycles. The minimum atomic E-state index is 0.137. The number of hydrogen-bond donors (Lipinski definition) is 0. The second kappa shape index (κ2) is 4.98. The Balaban J connectivity index is 1.65. The highest BCUT2D eigenvalue weighted by atomic mass is 35.5. The van der Waals surface area contributed by atoms with E-state index in [0.29, 0.717) is 16.3 Å². The fraction of sp³-hybridized carbons (Fsp3) is 0.357. The van der Waals surface area contributed by atoms with Crippen LogP contribution in [-0.2, 0) is 4.79 Å². The largest absolute Gasteiger partial charge is 0.334 e. The third-order valence-electron chi connectivity index (χ3n) is 3.47. The summed E-state index contributed by atoms with van der Waals surface area (Å²) in [5.74, 6) is 1.24. The summed E-state index contributed by atoms with van der Waals surface area (Å²) in [6, 6.07) is 7.96. The molecular weight excluding hydrogens is 266 g/mol. The lowest BCUT2D eigenvalue weighted by molar-refractivity contribution is -0.126. The molecular formula is C14H14ClNOS. The van der Waals surface area contributed by atoms with Gasteiger partial charge in [0.2, 0.25) is 5.91 Å². The summed E-state index contributed by atoms with van der Waals surface area (Å²) >= 11 is 7.82. The molecule has 0 spiro atoms. The van der Waals surface area contributed by atoms with Crippen molar-refractivity contribution in [1.82, 2.24) is 4.90 Å². The SMILES string of the molecule is O=C(/C=C/c1ccc(Cl)cc1)N1CC2CC1CS2. The monoisotopic (exact) mass is 279 g/mol. The normalized spacial score (nSPS) is 26.2. The third-order valence-corrected chi connectivity index (χ3v) is 5.11. The van der Waals surface area contributed by atoms with Crippen molar-refractivity contribution < 1.29 is 4.79 Å². The van der Waals surface area contributed by atoms with Gasteiger partial charge in [0, 0.05) is 34.7 Å². The van der Waals surface area contributed by atoms with Crippen LogP contribution >= 0.6 is 23.4 Å². The zero-order chi connectivity index (χ0) is 12.5. The Hall–Kier alpha value is -0.930. The van der Waals surface area contributed by atoms with Gasteiger partial charge in [-0.15, -0.1) is 0 Å². The van der Waals surface area contributed by atoms with Crippen LogP contribution in [0.2, 0.25) is 5.02 Å². The Morgan fingerprint density at radius 3 is 2.78 bits per heavy atom. The van der Waals surface area contributed by atoms with E-state index in [4.69, 9.17) is 11.6 Å². The number of halogens is 1. The van der Waals surface area contributed by atoms with Crippen LogP contribution in [0.5, 0.6) is 0 Å². The van der Waals surface area contributed by atoms with E-state index in [2.05, 4.69) is 0 Å². The number of amides is 1. The van der Waals surface area contributed by atoms with Crippen LogP contribution in [0.1, 0.15) is 12.0 Å².